The minimum atomic E-state index is -0.743. The van der Waals surface area contributed by atoms with Crippen LogP contribution in [-0.2, 0) is 19.1 Å². The summed E-state index contributed by atoms with van der Waals surface area (Å²) in [5.41, 5.74) is 0. The topological polar surface area (TPSA) is 87.1 Å². The summed E-state index contributed by atoms with van der Waals surface area (Å²) >= 11 is 1.64. The second-order valence-electron chi connectivity index (χ2n) is 11.1. The molecule has 0 saturated carbocycles. The SMILES string of the molecule is C=CCCCCOC(=O)[C@@H]1[C@H]2C(=O)N([C@@H](CO)C(C)C)C(C(=O)N(CC=C)C(C)C)C23S[C@@H]1CC3C. The zero-order valence-corrected chi connectivity index (χ0v) is 23.3. The summed E-state index contributed by atoms with van der Waals surface area (Å²) in [5.74, 6) is -1.83. The largest absolute Gasteiger partial charge is 0.465 e. The highest BCUT2D eigenvalue weighted by atomic mass is 32.2. The monoisotopic (exact) mass is 520 g/mol. The fourth-order valence-corrected chi connectivity index (χ4v) is 8.89. The van der Waals surface area contributed by atoms with E-state index in [0.717, 1.165) is 25.7 Å². The third-order valence-corrected chi connectivity index (χ3v) is 10.4. The number of carbonyl (C=O) groups excluding carboxylic acids is 3. The molecule has 0 aromatic heterocycles. The molecule has 7 atom stereocenters. The van der Waals surface area contributed by atoms with E-state index < -0.39 is 28.7 Å². The van der Waals surface area contributed by atoms with Gasteiger partial charge in [0.2, 0.25) is 11.8 Å². The van der Waals surface area contributed by atoms with Crippen LogP contribution in [0.5, 0.6) is 0 Å². The molecule has 0 aromatic carbocycles. The zero-order chi connectivity index (χ0) is 26.8. The average molecular weight is 521 g/mol. The number of hydrogen-bond donors (Lipinski definition) is 1. The van der Waals surface area contributed by atoms with E-state index in [4.69, 9.17) is 4.74 Å². The lowest BCUT2D eigenvalue weighted by Gasteiger charge is -2.43. The Bertz CT molecular complexity index is 861. The van der Waals surface area contributed by atoms with Crippen molar-refractivity contribution in [3.63, 3.8) is 0 Å². The first-order valence-electron chi connectivity index (χ1n) is 13.4. The standard InChI is InChI=1S/C28H44N2O5S/c1-8-10-11-12-14-35-27(34)22-21-15-19(7)28(36-21)23(22)25(32)30(20(16-31)17(3)4)24(28)26(33)29(13-9-2)18(5)6/h8-9,17-24,31H,1-2,10-16H2,3-7H3/t19?,20-,21+,22-,23-,24?,28?/m0/s1. The van der Waals surface area contributed by atoms with E-state index >= 15 is 0 Å². The van der Waals surface area contributed by atoms with E-state index in [-0.39, 0.29) is 47.5 Å². The van der Waals surface area contributed by atoms with Crippen molar-refractivity contribution in [3.8, 4) is 0 Å². The number of likely N-dealkylation sites (tertiary alicyclic amines) is 1. The molecule has 3 aliphatic heterocycles. The molecule has 1 spiro atoms. The van der Waals surface area contributed by atoms with Gasteiger partial charge >= 0.3 is 5.97 Å². The number of hydrogen-bond acceptors (Lipinski definition) is 6. The smallest absolute Gasteiger partial charge is 0.310 e. The van der Waals surface area contributed by atoms with Crippen LogP contribution in [0, 0.1) is 23.7 Å². The van der Waals surface area contributed by atoms with Crippen molar-refractivity contribution >= 4 is 29.5 Å². The summed E-state index contributed by atoms with van der Waals surface area (Å²) in [6, 6.07) is -1.33. The molecule has 3 rings (SSSR count). The van der Waals surface area contributed by atoms with Crippen LogP contribution in [0.15, 0.2) is 25.3 Å². The van der Waals surface area contributed by atoms with Crippen LogP contribution in [0.1, 0.15) is 60.3 Å². The minimum absolute atomic E-state index is 0.0504. The van der Waals surface area contributed by atoms with Gasteiger partial charge in [-0.15, -0.1) is 24.9 Å². The number of ether oxygens (including phenoxy) is 1. The van der Waals surface area contributed by atoms with Gasteiger partial charge in [0, 0.05) is 17.8 Å². The van der Waals surface area contributed by atoms with E-state index in [9.17, 15) is 19.5 Å². The molecule has 3 fully saturated rings. The normalized spacial score (nSPS) is 31.6. The maximum atomic E-state index is 14.3. The predicted molar refractivity (Wildman–Crippen MR) is 143 cm³/mol. The van der Waals surface area contributed by atoms with Crippen LogP contribution in [0.25, 0.3) is 0 Å². The third-order valence-electron chi connectivity index (χ3n) is 8.28. The molecule has 2 amide bonds. The van der Waals surface area contributed by atoms with Crippen LogP contribution in [0.3, 0.4) is 0 Å². The third kappa shape index (κ3) is 4.75. The summed E-state index contributed by atoms with van der Waals surface area (Å²) in [6.07, 6.45) is 6.83. The van der Waals surface area contributed by atoms with Gasteiger partial charge in [-0.25, -0.2) is 0 Å². The molecular formula is C28H44N2O5S. The van der Waals surface area contributed by atoms with Crippen molar-refractivity contribution < 1.29 is 24.2 Å². The highest BCUT2D eigenvalue weighted by Gasteiger charge is 2.77. The maximum Gasteiger partial charge on any atom is 0.310 e. The van der Waals surface area contributed by atoms with Crippen molar-refractivity contribution in [2.75, 3.05) is 19.8 Å². The average Bonchev–Trinajstić information content (AvgIpc) is 3.41. The Balaban J connectivity index is 2.02. The first kappa shape index (κ1) is 28.8. The number of aliphatic hydroxyl groups is 1. The van der Waals surface area contributed by atoms with Crippen LogP contribution >= 0.6 is 11.8 Å². The second-order valence-corrected chi connectivity index (χ2v) is 12.7. The number of unbranched alkanes of at least 4 members (excludes halogenated alkanes) is 2. The molecule has 3 unspecified atom stereocenters. The summed E-state index contributed by atoms with van der Waals surface area (Å²) in [6.45, 7) is 17.9. The van der Waals surface area contributed by atoms with Crippen molar-refractivity contribution in [1.29, 1.82) is 0 Å². The van der Waals surface area contributed by atoms with Crippen LogP contribution in [0.2, 0.25) is 0 Å². The summed E-state index contributed by atoms with van der Waals surface area (Å²) in [7, 11) is 0. The minimum Gasteiger partial charge on any atom is -0.465 e. The molecule has 36 heavy (non-hydrogen) atoms. The Labute approximate surface area is 220 Å². The quantitative estimate of drug-likeness (QED) is 0.227. The molecule has 3 heterocycles. The Morgan fingerprint density at radius 1 is 1.25 bits per heavy atom. The first-order chi connectivity index (χ1) is 17.1. The number of fused-ring (bicyclic) bond motifs is 1. The van der Waals surface area contributed by atoms with Crippen molar-refractivity contribution in [1.82, 2.24) is 9.80 Å². The number of thioether (sulfide) groups is 1. The van der Waals surface area contributed by atoms with Crippen LogP contribution < -0.4 is 0 Å². The summed E-state index contributed by atoms with van der Waals surface area (Å²) in [4.78, 5) is 45.2. The van der Waals surface area contributed by atoms with E-state index in [1.165, 1.54) is 0 Å². The summed E-state index contributed by atoms with van der Waals surface area (Å²) < 4.78 is 4.97. The predicted octanol–water partition coefficient (Wildman–Crippen LogP) is 3.66. The first-order valence-corrected chi connectivity index (χ1v) is 14.3. The molecule has 3 saturated heterocycles. The van der Waals surface area contributed by atoms with Crippen LogP contribution in [0.4, 0.5) is 0 Å². The molecule has 7 nitrogen and oxygen atoms in total. The van der Waals surface area contributed by atoms with Gasteiger partial charge in [0.15, 0.2) is 0 Å². The lowest BCUT2D eigenvalue weighted by atomic mass is 9.66. The van der Waals surface area contributed by atoms with Crippen molar-refractivity contribution in [2.24, 2.45) is 23.7 Å². The van der Waals surface area contributed by atoms with Gasteiger partial charge in [-0.2, -0.15) is 0 Å². The number of amides is 2. The molecule has 3 aliphatic rings. The fourth-order valence-electron chi connectivity index (χ4n) is 6.50. The van der Waals surface area contributed by atoms with Crippen molar-refractivity contribution in [2.45, 2.75) is 88.4 Å². The molecule has 202 valence electrons. The van der Waals surface area contributed by atoms with Crippen LogP contribution in [-0.4, -0.2) is 80.6 Å². The Morgan fingerprint density at radius 2 is 1.94 bits per heavy atom. The van der Waals surface area contributed by atoms with Gasteiger partial charge in [0.05, 0.1) is 35.8 Å². The zero-order valence-electron chi connectivity index (χ0n) is 22.5. The molecule has 1 N–H and O–H groups in total. The van der Waals surface area contributed by atoms with Gasteiger partial charge in [-0.1, -0.05) is 32.9 Å². The van der Waals surface area contributed by atoms with Gasteiger partial charge in [-0.3, -0.25) is 14.4 Å². The van der Waals surface area contributed by atoms with E-state index in [2.05, 4.69) is 20.1 Å². The van der Waals surface area contributed by atoms with E-state index in [1.807, 2.05) is 33.8 Å². The molecule has 0 radical (unpaired) electrons. The number of carbonyl (C=O) groups is 3. The summed E-state index contributed by atoms with van der Waals surface area (Å²) in [5, 5.41) is 10.3. The number of nitrogens with zero attached hydrogens (tertiary/aromatic N) is 2. The Hall–Kier alpha value is -1.80. The van der Waals surface area contributed by atoms with Gasteiger partial charge in [0.25, 0.3) is 0 Å². The molecule has 0 aliphatic carbocycles. The highest BCUT2D eigenvalue weighted by Crippen LogP contribution is 2.69. The Kier molecular flexibility index (Phi) is 9.36. The lowest BCUT2D eigenvalue weighted by Crippen LogP contribution is -2.60. The number of rotatable bonds is 13. The molecule has 0 aromatic rings. The number of esters is 1. The molecular weight excluding hydrogens is 476 g/mol. The van der Waals surface area contributed by atoms with E-state index in [0.29, 0.717) is 13.2 Å². The van der Waals surface area contributed by atoms with E-state index in [1.54, 1.807) is 27.6 Å². The Morgan fingerprint density at radius 3 is 2.50 bits per heavy atom. The second kappa shape index (κ2) is 11.7. The lowest BCUT2D eigenvalue weighted by molar-refractivity contribution is -0.155. The van der Waals surface area contributed by atoms with Gasteiger partial charge < -0.3 is 19.6 Å². The van der Waals surface area contributed by atoms with Gasteiger partial charge in [0.1, 0.15) is 6.04 Å². The molecule has 2 bridgehead atoms. The maximum absolute atomic E-state index is 14.3. The van der Waals surface area contributed by atoms with Crippen molar-refractivity contribution in [3.05, 3.63) is 25.3 Å². The fraction of sp³-hybridized carbons (Fsp3) is 0.750. The number of allylic oxidation sites excluding steroid dienone is 1. The van der Waals surface area contributed by atoms with Gasteiger partial charge in [-0.05, 0) is 51.4 Å². The highest BCUT2D eigenvalue weighted by molar-refractivity contribution is 8.02. The molecule has 8 heteroatoms. The number of aliphatic hydroxyl groups excluding tert-OH is 1.